The number of nitrogens with one attached hydrogen (secondary N) is 1. The van der Waals surface area contributed by atoms with Crippen molar-refractivity contribution in [2.24, 2.45) is 0 Å². The van der Waals surface area contributed by atoms with Gasteiger partial charge in [-0.15, -0.1) is 0 Å². The molecule has 153 valence electrons. The van der Waals surface area contributed by atoms with Gasteiger partial charge in [0, 0.05) is 17.3 Å². The topological polar surface area (TPSA) is 47.6 Å². The summed E-state index contributed by atoms with van der Waals surface area (Å²) in [5, 5.41) is 2.83. The Kier molecular flexibility index (Phi) is 6.61. The zero-order valence-electron chi connectivity index (χ0n) is 17.0. The lowest BCUT2D eigenvalue weighted by Gasteiger charge is -2.11. The minimum atomic E-state index is -0.204. The van der Waals surface area contributed by atoms with Gasteiger partial charge in [-0.05, 0) is 47.5 Å². The summed E-state index contributed by atoms with van der Waals surface area (Å²) in [7, 11) is 0. The lowest BCUT2D eigenvalue weighted by Crippen LogP contribution is -2.11. The third kappa shape index (κ3) is 5.97. The number of carbonyl (C=O) groups is 1. The molecule has 1 N–H and O–H groups in total. The molecule has 4 nitrogen and oxygen atoms in total. The van der Waals surface area contributed by atoms with E-state index in [4.69, 9.17) is 9.47 Å². The molecule has 4 aromatic rings. The van der Waals surface area contributed by atoms with Crippen LogP contribution in [0.3, 0.4) is 0 Å². The van der Waals surface area contributed by atoms with Gasteiger partial charge < -0.3 is 14.8 Å². The van der Waals surface area contributed by atoms with Crippen molar-refractivity contribution in [3.63, 3.8) is 0 Å². The van der Waals surface area contributed by atoms with Crippen molar-refractivity contribution in [3.8, 4) is 11.5 Å². The molecule has 0 bridgehead atoms. The van der Waals surface area contributed by atoms with E-state index in [1.54, 1.807) is 30.3 Å². The van der Waals surface area contributed by atoms with Gasteiger partial charge in [0.1, 0.15) is 24.7 Å². The van der Waals surface area contributed by atoms with Gasteiger partial charge in [-0.1, -0.05) is 66.7 Å². The Labute approximate surface area is 182 Å². The van der Waals surface area contributed by atoms with Crippen LogP contribution in [0, 0.1) is 6.07 Å². The van der Waals surface area contributed by atoms with Gasteiger partial charge in [0.15, 0.2) is 0 Å². The average Bonchev–Trinajstić information content (AvgIpc) is 2.83. The molecule has 4 rings (SSSR count). The largest absolute Gasteiger partial charge is 0.489 e. The minimum Gasteiger partial charge on any atom is -0.489 e. The molecule has 1 amide bonds. The molecule has 0 fully saturated rings. The molecular formula is C27H22NO3. The Balaban J connectivity index is 1.35. The van der Waals surface area contributed by atoms with Crippen LogP contribution < -0.4 is 14.8 Å². The van der Waals surface area contributed by atoms with E-state index in [1.807, 2.05) is 72.8 Å². The first-order chi connectivity index (χ1) is 15.3. The summed E-state index contributed by atoms with van der Waals surface area (Å²) < 4.78 is 11.8. The van der Waals surface area contributed by atoms with E-state index in [9.17, 15) is 4.79 Å². The van der Waals surface area contributed by atoms with Crippen LogP contribution in [0.4, 0.5) is 5.69 Å². The summed E-state index contributed by atoms with van der Waals surface area (Å²) in [5.41, 5.74) is 3.26. The highest BCUT2D eigenvalue weighted by Crippen LogP contribution is 2.19. The predicted molar refractivity (Wildman–Crippen MR) is 121 cm³/mol. The molecule has 4 heteroatoms. The van der Waals surface area contributed by atoms with Crippen LogP contribution in [0.1, 0.15) is 21.5 Å². The van der Waals surface area contributed by atoms with Crippen LogP contribution in [0.25, 0.3) is 0 Å². The van der Waals surface area contributed by atoms with Crippen LogP contribution in [-0.2, 0) is 13.2 Å². The van der Waals surface area contributed by atoms with Gasteiger partial charge >= 0.3 is 0 Å². The summed E-state index contributed by atoms with van der Waals surface area (Å²) in [6, 6.07) is 35.2. The van der Waals surface area contributed by atoms with Gasteiger partial charge in [0.25, 0.3) is 5.91 Å². The van der Waals surface area contributed by atoms with Crippen LogP contribution in [-0.4, -0.2) is 5.91 Å². The first-order valence-corrected chi connectivity index (χ1v) is 10.0. The lowest BCUT2D eigenvalue weighted by molar-refractivity contribution is 0.102. The molecule has 0 atom stereocenters. The maximum atomic E-state index is 12.5. The monoisotopic (exact) mass is 408 g/mol. The van der Waals surface area contributed by atoms with Crippen molar-refractivity contribution in [3.05, 3.63) is 126 Å². The zero-order chi connectivity index (χ0) is 21.3. The number of hydrogen-bond donors (Lipinski definition) is 1. The van der Waals surface area contributed by atoms with Crippen molar-refractivity contribution in [1.29, 1.82) is 0 Å². The quantitative estimate of drug-likeness (QED) is 0.395. The molecule has 0 unspecified atom stereocenters. The standard InChI is InChI=1S/C27H22NO3/c29-27(28-24-13-5-2-6-14-24)23-12-8-16-26(18-23)31-20-22-11-7-15-25(17-22)30-19-21-9-3-1-4-10-21/h1-13,15-18H,19-20H2,(H,28,29). The maximum absolute atomic E-state index is 12.5. The number of para-hydroxylation sites is 1. The molecule has 0 aliphatic carbocycles. The van der Waals surface area contributed by atoms with Gasteiger partial charge in [0.05, 0.1) is 0 Å². The van der Waals surface area contributed by atoms with Gasteiger partial charge in [0.2, 0.25) is 0 Å². The second-order valence-corrected chi connectivity index (χ2v) is 6.97. The summed E-state index contributed by atoms with van der Waals surface area (Å²) in [6.07, 6.45) is 0. The van der Waals surface area contributed by atoms with Crippen LogP contribution in [0.15, 0.2) is 103 Å². The van der Waals surface area contributed by atoms with E-state index in [0.717, 1.165) is 16.9 Å². The zero-order valence-corrected chi connectivity index (χ0v) is 17.0. The fraction of sp³-hybridized carbons (Fsp3) is 0.0741. The summed E-state index contributed by atoms with van der Waals surface area (Å²) in [4.78, 5) is 12.5. The molecule has 0 heterocycles. The van der Waals surface area contributed by atoms with Crippen molar-refractivity contribution < 1.29 is 14.3 Å². The van der Waals surface area contributed by atoms with E-state index >= 15 is 0 Å². The van der Waals surface area contributed by atoms with E-state index in [2.05, 4.69) is 11.4 Å². The number of benzene rings is 4. The predicted octanol–water partition coefficient (Wildman–Crippen LogP) is 5.90. The number of anilines is 1. The van der Waals surface area contributed by atoms with Crippen LogP contribution >= 0.6 is 0 Å². The SMILES string of the molecule is O=C(Nc1[c]cccc1)c1cccc(OCc2cccc(OCc3ccccc3)c2)c1. The number of carbonyl (C=O) groups excluding carboxylic acids is 1. The first-order valence-electron chi connectivity index (χ1n) is 10.0. The Hall–Kier alpha value is -4.05. The fourth-order valence-corrected chi connectivity index (χ4v) is 3.03. The molecule has 0 aromatic heterocycles. The molecule has 0 saturated carbocycles. The first kappa shape index (κ1) is 20.2. The molecule has 0 saturated heterocycles. The van der Waals surface area contributed by atoms with E-state index < -0.39 is 0 Å². The van der Waals surface area contributed by atoms with Gasteiger partial charge in [-0.3, -0.25) is 4.79 Å². The van der Waals surface area contributed by atoms with Crippen molar-refractivity contribution in [1.82, 2.24) is 0 Å². The molecular weight excluding hydrogens is 386 g/mol. The van der Waals surface area contributed by atoms with Crippen LogP contribution in [0.2, 0.25) is 0 Å². The molecule has 31 heavy (non-hydrogen) atoms. The van der Waals surface area contributed by atoms with Crippen molar-refractivity contribution in [2.75, 3.05) is 5.32 Å². The summed E-state index contributed by atoms with van der Waals surface area (Å²) in [5.74, 6) is 1.21. The van der Waals surface area contributed by atoms with Crippen molar-refractivity contribution in [2.45, 2.75) is 13.2 Å². The maximum Gasteiger partial charge on any atom is 0.255 e. The van der Waals surface area contributed by atoms with Crippen LogP contribution in [0.5, 0.6) is 11.5 Å². The summed E-state index contributed by atoms with van der Waals surface area (Å²) >= 11 is 0. The molecule has 4 aromatic carbocycles. The van der Waals surface area contributed by atoms with E-state index in [0.29, 0.717) is 30.2 Å². The minimum absolute atomic E-state index is 0.204. The fourth-order valence-electron chi connectivity index (χ4n) is 3.03. The second-order valence-electron chi connectivity index (χ2n) is 6.97. The second kappa shape index (κ2) is 10.1. The normalized spacial score (nSPS) is 10.3. The summed E-state index contributed by atoms with van der Waals surface area (Å²) in [6.45, 7) is 0.890. The Morgan fingerprint density at radius 2 is 1.39 bits per heavy atom. The Morgan fingerprint density at radius 3 is 2.16 bits per heavy atom. The Morgan fingerprint density at radius 1 is 0.710 bits per heavy atom. The highest BCUT2D eigenvalue weighted by atomic mass is 16.5. The Bertz CT molecular complexity index is 1130. The van der Waals surface area contributed by atoms with Gasteiger partial charge in [-0.25, -0.2) is 0 Å². The molecule has 0 aliphatic heterocycles. The smallest absolute Gasteiger partial charge is 0.255 e. The van der Waals surface area contributed by atoms with Gasteiger partial charge in [-0.2, -0.15) is 0 Å². The van der Waals surface area contributed by atoms with E-state index in [1.165, 1.54) is 0 Å². The lowest BCUT2D eigenvalue weighted by atomic mass is 10.2. The highest BCUT2D eigenvalue weighted by Gasteiger charge is 2.08. The van der Waals surface area contributed by atoms with E-state index in [-0.39, 0.29) is 5.91 Å². The number of rotatable bonds is 8. The van der Waals surface area contributed by atoms with Crippen molar-refractivity contribution >= 4 is 11.6 Å². The number of ether oxygens (including phenoxy) is 2. The third-order valence-electron chi connectivity index (χ3n) is 4.61. The highest BCUT2D eigenvalue weighted by molar-refractivity contribution is 6.04. The molecule has 1 radical (unpaired) electrons. The number of hydrogen-bond acceptors (Lipinski definition) is 3. The third-order valence-corrected chi connectivity index (χ3v) is 4.61. The molecule has 0 spiro atoms. The molecule has 0 aliphatic rings. The number of amides is 1. The average molecular weight is 408 g/mol.